The summed E-state index contributed by atoms with van der Waals surface area (Å²) in [6, 6.07) is 20.9. The summed E-state index contributed by atoms with van der Waals surface area (Å²) < 4.78 is 2.01. The highest BCUT2D eigenvalue weighted by Crippen LogP contribution is 2.55. The fourth-order valence-electron chi connectivity index (χ4n) is 6.11. The SMILES string of the molecule is C[C@@H]1C(=O)C(=CO)C[C@]2(Cc3ccccc3)c3nn(C)c(-c4ccccc4)c3CC[C@@H]12. The lowest BCUT2D eigenvalue weighted by atomic mass is 9.52. The summed E-state index contributed by atoms with van der Waals surface area (Å²) in [5.41, 5.74) is 6.20. The van der Waals surface area contributed by atoms with E-state index in [1.54, 1.807) is 0 Å². The van der Waals surface area contributed by atoms with Gasteiger partial charge in [0, 0.05) is 35.1 Å². The molecule has 0 amide bonds. The van der Waals surface area contributed by atoms with Gasteiger partial charge in [0.25, 0.3) is 0 Å². The first-order valence-electron chi connectivity index (χ1n) is 11.1. The van der Waals surface area contributed by atoms with E-state index in [9.17, 15) is 9.90 Å². The lowest BCUT2D eigenvalue weighted by molar-refractivity contribution is -0.124. The van der Waals surface area contributed by atoms with Gasteiger partial charge in [0.15, 0.2) is 5.78 Å². The molecule has 3 atom stereocenters. The first-order chi connectivity index (χ1) is 15.0. The van der Waals surface area contributed by atoms with Crippen LogP contribution in [-0.4, -0.2) is 20.7 Å². The topological polar surface area (TPSA) is 55.1 Å². The van der Waals surface area contributed by atoms with Crippen molar-refractivity contribution >= 4 is 5.78 Å². The maximum Gasteiger partial charge on any atom is 0.165 e. The molecule has 4 nitrogen and oxygen atoms in total. The second-order valence-electron chi connectivity index (χ2n) is 9.11. The van der Waals surface area contributed by atoms with Gasteiger partial charge in [-0.2, -0.15) is 5.10 Å². The minimum Gasteiger partial charge on any atom is -0.515 e. The van der Waals surface area contributed by atoms with Crippen LogP contribution in [0.2, 0.25) is 0 Å². The maximum atomic E-state index is 13.0. The zero-order chi connectivity index (χ0) is 21.6. The Balaban J connectivity index is 1.73. The smallest absolute Gasteiger partial charge is 0.165 e. The van der Waals surface area contributed by atoms with Gasteiger partial charge >= 0.3 is 0 Å². The van der Waals surface area contributed by atoms with Crippen LogP contribution in [0.3, 0.4) is 0 Å². The van der Waals surface area contributed by atoms with Gasteiger partial charge in [-0.05, 0) is 37.2 Å². The third kappa shape index (κ3) is 3.04. The van der Waals surface area contributed by atoms with Crippen LogP contribution in [0.4, 0.5) is 0 Å². The van der Waals surface area contributed by atoms with E-state index in [-0.39, 0.29) is 23.0 Å². The van der Waals surface area contributed by atoms with Crippen molar-refractivity contribution in [2.75, 3.05) is 0 Å². The predicted molar refractivity (Wildman–Crippen MR) is 122 cm³/mol. The predicted octanol–water partition coefficient (Wildman–Crippen LogP) is 5.18. The lowest BCUT2D eigenvalue weighted by Crippen LogP contribution is -2.51. The van der Waals surface area contributed by atoms with Crippen molar-refractivity contribution in [1.29, 1.82) is 0 Å². The molecule has 0 radical (unpaired) electrons. The number of hydrogen-bond acceptors (Lipinski definition) is 3. The number of aliphatic hydroxyl groups is 1. The summed E-state index contributed by atoms with van der Waals surface area (Å²) in [6.07, 6.45) is 4.26. The van der Waals surface area contributed by atoms with Gasteiger partial charge in [-0.25, -0.2) is 0 Å². The molecule has 2 aliphatic rings. The number of aromatic nitrogens is 2. The Morgan fingerprint density at radius 2 is 1.81 bits per heavy atom. The molecule has 0 spiro atoms. The number of aryl methyl sites for hydroxylation is 1. The third-order valence-electron chi connectivity index (χ3n) is 7.44. The number of carbonyl (C=O) groups is 1. The minimum absolute atomic E-state index is 0.0823. The fraction of sp³-hybridized carbons (Fsp3) is 0.333. The van der Waals surface area contributed by atoms with Crippen LogP contribution in [0.5, 0.6) is 0 Å². The molecular formula is C27H28N2O2. The van der Waals surface area contributed by atoms with Crippen LogP contribution in [0.15, 0.2) is 72.5 Å². The summed E-state index contributed by atoms with van der Waals surface area (Å²) in [4.78, 5) is 13.0. The van der Waals surface area contributed by atoms with Crippen LogP contribution in [0, 0.1) is 11.8 Å². The molecule has 1 N–H and O–H groups in total. The van der Waals surface area contributed by atoms with Crippen molar-refractivity contribution in [3.8, 4) is 11.3 Å². The maximum absolute atomic E-state index is 13.0. The van der Waals surface area contributed by atoms with E-state index in [2.05, 4.69) is 48.5 Å². The second kappa shape index (κ2) is 7.52. The van der Waals surface area contributed by atoms with Crippen molar-refractivity contribution in [3.63, 3.8) is 0 Å². The van der Waals surface area contributed by atoms with Gasteiger partial charge in [0.1, 0.15) is 0 Å². The van der Waals surface area contributed by atoms with Crippen LogP contribution in [0.1, 0.15) is 36.6 Å². The van der Waals surface area contributed by atoms with Crippen LogP contribution in [-0.2, 0) is 30.1 Å². The first kappa shape index (κ1) is 19.8. The Morgan fingerprint density at radius 1 is 1.13 bits per heavy atom. The Morgan fingerprint density at radius 3 is 2.48 bits per heavy atom. The molecule has 1 fully saturated rings. The molecule has 0 bridgehead atoms. The van der Waals surface area contributed by atoms with E-state index in [0.29, 0.717) is 12.0 Å². The average molecular weight is 413 g/mol. The quantitative estimate of drug-likeness (QED) is 0.476. The first-order valence-corrected chi connectivity index (χ1v) is 11.1. The lowest BCUT2D eigenvalue weighted by Gasteiger charge is -2.49. The number of nitrogens with zero attached hydrogens (tertiary/aromatic N) is 2. The Kier molecular flexibility index (Phi) is 4.81. The number of fused-ring (bicyclic) bond motifs is 3. The molecular weight excluding hydrogens is 384 g/mol. The highest BCUT2D eigenvalue weighted by atomic mass is 16.2. The van der Waals surface area contributed by atoms with Crippen LogP contribution in [0.25, 0.3) is 11.3 Å². The highest BCUT2D eigenvalue weighted by Gasteiger charge is 2.54. The van der Waals surface area contributed by atoms with Crippen molar-refractivity contribution in [2.24, 2.45) is 18.9 Å². The number of benzene rings is 2. The molecule has 5 rings (SSSR count). The Bertz CT molecular complexity index is 1150. The molecule has 158 valence electrons. The highest BCUT2D eigenvalue weighted by molar-refractivity contribution is 5.98. The summed E-state index contributed by atoms with van der Waals surface area (Å²) in [5, 5.41) is 15.0. The van der Waals surface area contributed by atoms with Crippen molar-refractivity contribution in [3.05, 3.63) is 89.3 Å². The Labute approximate surface area is 183 Å². The van der Waals surface area contributed by atoms with Gasteiger partial charge in [0.2, 0.25) is 0 Å². The normalized spacial score (nSPS) is 26.5. The molecule has 0 aliphatic heterocycles. The molecule has 0 unspecified atom stereocenters. The summed E-state index contributed by atoms with van der Waals surface area (Å²) in [5.74, 6) is 0.153. The zero-order valence-electron chi connectivity index (χ0n) is 18.1. The van der Waals surface area contributed by atoms with Gasteiger partial charge in [-0.1, -0.05) is 67.6 Å². The molecule has 0 saturated heterocycles. The summed E-state index contributed by atoms with van der Waals surface area (Å²) >= 11 is 0. The van der Waals surface area contributed by atoms with Gasteiger partial charge in [0.05, 0.1) is 17.6 Å². The van der Waals surface area contributed by atoms with Crippen molar-refractivity contribution in [1.82, 2.24) is 9.78 Å². The monoisotopic (exact) mass is 412 g/mol. The van der Waals surface area contributed by atoms with Crippen molar-refractivity contribution in [2.45, 2.75) is 38.0 Å². The standard InChI is InChI=1S/C27H28N2O2/c1-18-23-14-13-22-24(20-11-7-4-8-12-20)29(2)28-26(22)27(23,16-21(17-30)25(18)31)15-19-9-5-3-6-10-19/h3-12,17-18,23,30H,13-16H2,1-2H3/t18-,23-,27-/m0/s1. The molecule has 4 heteroatoms. The van der Waals surface area contributed by atoms with E-state index in [4.69, 9.17) is 5.10 Å². The second-order valence-corrected chi connectivity index (χ2v) is 9.11. The van der Waals surface area contributed by atoms with Gasteiger partial charge < -0.3 is 5.11 Å². The number of ketones is 1. The molecule has 31 heavy (non-hydrogen) atoms. The summed E-state index contributed by atoms with van der Waals surface area (Å²) in [6.45, 7) is 2.03. The molecule has 1 aromatic heterocycles. The number of hydrogen-bond donors (Lipinski definition) is 1. The average Bonchev–Trinajstić information content (AvgIpc) is 3.14. The van der Waals surface area contributed by atoms with E-state index >= 15 is 0 Å². The van der Waals surface area contributed by atoms with E-state index in [0.717, 1.165) is 31.2 Å². The van der Waals surface area contributed by atoms with Crippen LogP contribution >= 0.6 is 0 Å². The van der Waals surface area contributed by atoms with E-state index in [1.165, 1.54) is 22.4 Å². The van der Waals surface area contributed by atoms with E-state index in [1.807, 2.05) is 30.8 Å². The minimum atomic E-state index is -0.304. The number of Topliss-reactive ketones (excluding diaryl/α,β-unsaturated/α-hetero) is 1. The largest absolute Gasteiger partial charge is 0.515 e. The number of allylic oxidation sites excluding steroid dienone is 1. The van der Waals surface area contributed by atoms with E-state index < -0.39 is 0 Å². The zero-order valence-corrected chi connectivity index (χ0v) is 18.1. The summed E-state index contributed by atoms with van der Waals surface area (Å²) in [7, 11) is 2.02. The van der Waals surface area contributed by atoms with Crippen LogP contribution < -0.4 is 0 Å². The molecule has 2 aromatic carbocycles. The molecule has 1 heterocycles. The third-order valence-corrected chi connectivity index (χ3v) is 7.44. The fourth-order valence-corrected chi connectivity index (χ4v) is 6.11. The number of aliphatic hydroxyl groups excluding tert-OH is 1. The number of carbonyl (C=O) groups excluding carboxylic acids is 1. The molecule has 3 aromatic rings. The molecule has 1 saturated carbocycles. The number of rotatable bonds is 3. The van der Waals surface area contributed by atoms with Crippen molar-refractivity contribution < 1.29 is 9.90 Å². The van der Waals surface area contributed by atoms with Gasteiger partial charge in [-0.15, -0.1) is 0 Å². The Hall–Kier alpha value is -3.14. The molecule has 2 aliphatic carbocycles. The van der Waals surface area contributed by atoms with Gasteiger partial charge in [-0.3, -0.25) is 9.48 Å².